The van der Waals surface area contributed by atoms with E-state index in [1.54, 1.807) is 11.3 Å². The summed E-state index contributed by atoms with van der Waals surface area (Å²) < 4.78 is 1.28. The standard InChI is InChI=1S/C17H18N2S/c1-13-6-2-3-7-14(13)12-18-11-10-17-19-15-8-4-5-9-16(15)20-17/h2-9,18H,10-12H2,1H3. The predicted molar refractivity (Wildman–Crippen MR) is 86.2 cm³/mol. The molecule has 0 fully saturated rings. The molecule has 1 N–H and O–H groups in total. The maximum atomic E-state index is 4.65. The number of fused-ring (bicyclic) bond motifs is 1. The van der Waals surface area contributed by atoms with Crippen LogP contribution in [0, 0.1) is 6.92 Å². The van der Waals surface area contributed by atoms with E-state index in [0.717, 1.165) is 25.0 Å². The summed E-state index contributed by atoms with van der Waals surface area (Å²) in [7, 11) is 0. The third-order valence-electron chi connectivity index (χ3n) is 3.43. The highest BCUT2D eigenvalue weighted by Gasteiger charge is 2.02. The lowest BCUT2D eigenvalue weighted by Crippen LogP contribution is -2.17. The molecule has 0 saturated carbocycles. The fourth-order valence-corrected chi connectivity index (χ4v) is 3.22. The first-order valence-corrected chi connectivity index (χ1v) is 7.74. The molecule has 0 amide bonds. The Hall–Kier alpha value is -1.71. The molecular weight excluding hydrogens is 264 g/mol. The molecule has 0 aliphatic heterocycles. The van der Waals surface area contributed by atoms with Crippen LogP contribution in [0.1, 0.15) is 16.1 Å². The smallest absolute Gasteiger partial charge is 0.0951 e. The van der Waals surface area contributed by atoms with Crippen molar-refractivity contribution in [2.45, 2.75) is 19.9 Å². The van der Waals surface area contributed by atoms with Gasteiger partial charge in [0.05, 0.1) is 15.2 Å². The Morgan fingerprint density at radius 2 is 1.85 bits per heavy atom. The first-order valence-electron chi connectivity index (χ1n) is 6.92. The maximum Gasteiger partial charge on any atom is 0.0951 e. The number of thiazole rings is 1. The zero-order valence-electron chi connectivity index (χ0n) is 11.6. The summed E-state index contributed by atoms with van der Waals surface area (Å²) in [5, 5.41) is 4.71. The molecule has 1 heterocycles. The van der Waals surface area contributed by atoms with Crippen molar-refractivity contribution in [1.82, 2.24) is 10.3 Å². The molecule has 0 unspecified atom stereocenters. The van der Waals surface area contributed by atoms with Gasteiger partial charge in [0.25, 0.3) is 0 Å². The monoisotopic (exact) mass is 282 g/mol. The molecule has 1 aromatic heterocycles. The predicted octanol–water partition coefficient (Wildman–Crippen LogP) is 3.94. The van der Waals surface area contributed by atoms with E-state index < -0.39 is 0 Å². The molecule has 0 aliphatic carbocycles. The summed E-state index contributed by atoms with van der Waals surface area (Å²) in [4.78, 5) is 4.65. The number of benzene rings is 2. The molecule has 3 aromatic rings. The molecule has 0 spiro atoms. The Bertz CT molecular complexity index is 670. The lowest BCUT2D eigenvalue weighted by Gasteiger charge is -2.06. The number of nitrogens with one attached hydrogen (secondary N) is 1. The number of hydrogen-bond acceptors (Lipinski definition) is 3. The summed E-state index contributed by atoms with van der Waals surface area (Å²) >= 11 is 1.80. The molecule has 2 nitrogen and oxygen atoms in total. The molecule has 0 radical (unpaired) electrons. The second-order valence-corrected chi connectivity index (χ2v) is 6.04. The Morgan fingerprint density at radius 1 is 1.05 bits per heavy atom. The molecule has 102 valence electrons. The molecule has 0 saturated heterocycles. The topological polar surface area (TPSA) is 24.9 Å². The van der Waals surface area contributed by atoms with E-state index in [1.165, 1.54) is 20.8 Å². The molecule has 0 aliphatic rings. The fraction of sp³-hybridized carbons (Fsp3) is 0.235. The molecular formula is C17H18N2S. The quantitative estimate of drug-likeness (QED) is 0.717. The van der Waals surface area contributed by atoms with Crippen molar-refractivity contribution in [3.05, 3.63) is 64.7 Å². The van der Waals surface area contributed by atoms with Crippen molar-refractivity contribution in [3.8, 4) is 0 Å². The number of rotatable bonds is 5. The van der Waals surface area contributed by atoms with Gasteiger partial charge in [-0.2, -0.15) is 0 Å². The summed E-state index contributed by atoms with van der Waals surface area (Å²) in [6.07, 6.45) is 0.991. The van der Waals surface area contributed by atoms with Crippen LogP contribution in [0.5, 0.6) is 0 Å². The van der Waals surface area contributed by atoms with E-state index in [4.69, 9.17) is 0 Å². The number of aromatic nitrogens is 1. The van der Waals surface area contributed by atoms with Gasteiger partial charge in [0.2, 0.25) is 0 Å². The molecule has 3 heteroatoms. The van der Waals surface area contributed by atoms with E-state index in [0.29, 0.717) is 0 Å². The molecule has 20 heavy (non-hydrogen) atoms. The maximum absolute atomic E-state index is 4.65. The van der Waals surface area contributed by atoms with E-state index >= 15 is 0 Å². The van der Waals surface area contributed by atoms with Gasteiger partial charge in [0, 0.05) is 19.5 Å². The van der Waals surface area contributed by atoms with Crippen molar-refractivity contribution in [2.24, 2.45) is 0 Å². The van der Waals surface area contributed by atoms with Gasteiger partial charge >= 0.3 is 0 Å². The summed E-state index contributed by atoms with van der Waals surface area (Å²) in [5.41, 5.74) is 3.84. The SMILES string of the molecule is Cc1ccccc1CNCCc1nc2ccccc2s1. The number of hydrogen-bond donors (Lipinski definition) is 1. The zero-order chi connectivity index (χ0) is 13.8. The molecule has 0 atom stereocenters. The van der Waals surface area contributed by atoms with Crippen LogP contribution in [0.2, 0.25) is 0 Å². The fourth-order valence-electron chi connectivity index (χ4n) is 2.25. The molecule has 2 aromatic carbocycles. The second-order valence-electron chi connectivity index (χ2n) is 4.93. The van der Waals surface area contributed by atoms with Crippen molar-refractivity contribution in [1.29, 1.82) is 0 Å². The highest BCUT2D eigenvalue weighted by molar-refractivity contribution is 7.18. The largest absolute Gasteiger partial charge is 0.312 e. The Kier molecular flexibility index (Phi) is 4.09. The van der Waals surface area contributed by atoms with Gasteiger partial charge in [-0.15, -0.1) is 11.3 Å². The zero-order valence-corrected chi connectivity index (χ0v) is 12.4. The van der Waals surface area contributed by atoms with Crippen LogP contribution in [0.3, 0.4) is 0 Å². The lowest BCUT2D eigenvalue weighted by atomic mass is 10.1. The van der Waals surface area contributed by atoms with Gasteiger partial charge in [-0.3, -0.25) is 0 Å². The van der Waals surface area contributed by atoms with Crippen molar-refractivity contribution in [2.75, 3.05) is 6.54 Å². The minimum atomic E-state index is 0.928. The van der Waals surface area contributed by atoms with Crippen molar-refractivity contribution >= 4 is 21.6 Å². The van der Waals surface area contributed by atoms with Gasteiger partial charge in [0.1, 0.15) is 0 Å². The van der Waals surface area contributed by atoms with Crippen LogP contribution < -0.4 is 5.32 Å². The average molecular weight is 282 g/mol. The highest BCUT2D eigenvalue weighted by Crippen LogP contribution is 2.21. The van der Waals surface area contributed by atoms with E-state index in [1.807, 2.05) is 6.07 Å². The average Bonchev–Trinajstić information content (AvgIpc) is 2.88. The van der Waals surface area contributed by atoms with Crippen LogP contribution in [0.4, 0.5) is 0 Å². The van der Waals surface area contributed by atoms with E-state index in [2.05, 4.69) is 59.7 Å². The second kappa shape index (κ2) is 6.16. The van der Waals surface area contributed by atoms with Crippen molar-refractivity contribution in [3.63, 3.8) is 0 Å². The van der Waals surface area contributed by atoms with Gasteiger partial charge in [-0.05, 0) is 30.2 Å². The van der Waals surface area contributed by atoms with Gasteiger partial charge < -0.3 is 5.32 Å². The summed E-state index contributed by atoms with van der Waals surface area (Å²) in [6, 6.07) is 16.8. The minimum absolute atomic E-state index is 0.928. The summed E-state index contributed by atoms with van der Waals surface area (Å²) in [6.45, 7) is 4.05. The van der Waals surface area contributed by atoms with Crippen molar-refractivity contribution < 1.29 is 0 Å². The lowest BCUT2D eigenvalue weighted by molar-refractivity contribution is 0.683. The normalized spacial score (nSPS) is 11.1. The van der Waals surface area contributed by atoms with Gasteiger partial charge in [0.15, 0.2) is 0 Å². The molecule has 0 bridgehead atoms. The number of aryl methyl sites for hydroxylation is 1. The Morgan fingerprint density at radius 3 is 2.70 bits per heavy atom. The minimum Gasteiger partial charge on any atom is -0.312 e. The Balaban J connectivity index is 1.54. The van der Waals surface area contributed by atoms with Gasteiger partial charge in [-0.25, -0.2) is 4.98 Å². The number of para-hydroxylation sites is 1. The summed E-state index contributed by atoms with van der Waals surface area (Å²) in [5.74, 6) is 0. The van der Waals surface area contributed by atoms with Crippen LogP contribution in [-0.4, -0.2) is 11.5 Å². The molecule has 3 rings (SSSR count). The van der Waals surface area contributed by atoms with Crippen LogP contribution in [-0.2, 0) is 13.0 Å². The third-order valence-corrected chi connectivity index (χ3v) is 4.53. The third kappa shape index (κ3) is 3.06. The first kappa shape index (κ1) is 13.3. The van der Waals surface area contributed by atoms with E-state index in [9.17, 15) is 0 Å². The van der Waals surface area contributed by atoms with Crippen LogP contribution in [0.15, 0.2) is 48.5 Å². The van der Waals surface area contributed by atoms with Gasteiger partial charge in [-0.1, -0.05) is 36.4 Å². The van der Waals surface area contributed by atoms with E-state index in [-0.39, 0.29) is 0 Å². The first-order chi connectivity index (χ1) is 9.83. The van der Waals surface area contributed by atoms with Crippen LogP contribution in [0.25, 0.3) is 10.2 Å². The highest BCUT2D eigenvalue weighted by atomic mass is 32.1. The van der Waals surface area contributed by atoms with Crippen LogP contribution >= 0.6 is 11.3 Å². The Labute approximate surface area is 123 Å². The number of nitrogens with zero attached hydrogens (tertiary/aromatic N) is 1.